The molecule has 0 aromatic carbocycles. The molecular weight excluding hydrogens is 995 g/mol. The summed E-state index contributed by atoms with van der Waals surface area (Å²) >= 11 is 0. The summed E-state index contributed by atoms with van der Waals surface area (Å²) in [5, 5.41) is 54.8. The Hall–Kier alpha value is -1.07. The molecule has 7 atom stereocenters. The van der Waals surface area contributed by atoms with Gasteiger partial charge in [-0.1, -0.05) is 366 Å². The third kappa shape index (κ3) is 49.2. The molecule has 476 valence electrons. The molecule has 0 radical (unpaired) electrons. The number of aliphatic hydroxyl groups is 5. The van der Waals surface area contributed by atoms with Gasteiger partial charge in [0.25, 0.3) is 0 Å². The smallest absolute Gasteiger partial charge is 0.220 e. The van der Waals surface area contributed by atoms with Gasteiger partial charge in [0.15, 0.2) is 6.29 Å². The Bertz CT molecular complexity index is 1270. The van der Waals surface area contributed by atoms with E-state index in [9.17, 15) is 30.3 Å². The number of carbonyl (C=O) groups excluding carboxylic acids is 1. The van der Waals surface area contributed by atoms with Gasteiger partial charge in [-0.25, -0.2) is 0 Å². The van der Waals surface area contributed by atoms with Gasteiger partial charge in [0.1, 0.15) is 24.4 Å². The van der Waals surface area contributed by atoms with E-state index in [1.807, 2.05) is 6.08 Å². The topological polar surface area (TPSA) is 149 Å². The van der Waals surface area contributed by atoms with Gasteiger partial charge in [-0.05, 0) is 19.3 Å². The average molecular weight is 1130 g/mol. The summed E-state index contributed by atoms with van der Waals surface area (Å²) < 4.78 is 11.3. The van der Waals surface area contributed by atoms with Crippen molar-refractivity contribution in [2.45, 2.75) is 423 Å². The molecule has 1 rings (SSSR count). The number of unbranched alkanes of at least 4 members (excludes halogenated alkanes) is 54. The zero-order chi connectivity index (χ0) is 57.9. The Balaban J connectivity index is 2.07. The van der Waals surface area contributed by atoms with Crippen molar-refractivity contribution in [1.29, 1.82) is 0 Å². The van der Waals surface area contributed by atoms with Crippen LogP contribution in [-0.2, 0) is 14.3 Å². The summed E-state index contributed by atoms with van der Waals surface area (Å²) in [5.74, 6) is -0.167. The second-order valence-corrected chi connectivity index (χ2v) is 25.4. The zero-order valence-electron chi connectivity index (χ0n) is 53.4. The van der Waals surface area contributed by atoms with Crippen LogP contribution in [0.2, 0.25) is 0 Å². The van der Waals surface area contributed by atoms with E-state index >= 15 is 0 Å². The van der Waals surface area contributed by atoms with E-state index < -0.39 is 49.5 Å². The van der Waals surface area contributed by atoms with Gasteiger partial charge in [-0.2, -0.15) is 0 Å². The van der Waals surface area contributed by atoms with Crippen LogP contribution in [0.4, 0.5) is 0 Å². The van der Waals surface area contributed by atoms with E-state index in [0.29, 0.717) is 6.42 Å². The van der Waals surface area contributed by atoms with Crippen LogP contribution in [0.1, 0.15) is 380 Å². The summed E-state index contributed by atoms with van der Waals surface area (Å²) in [4.78, 5) is 13.1. The third-order valence-corrected chi connectivity index (χ3v) is 17.6. The first kappa shape index (κ1) is 76.9. The Morgan fingerprint density at radius 1 is 0.412 bits per heavy atom. The molecule has 0 spiro atoms. The predicted octanol–water partition coefficient (Wildman–Crippen LogP) is 19.5. The second kappa shape index (κ2) is 61.0. The van der Waals surface area contributed by atoms with Crippen molar-refractivity contribution in [2.24, 2.45) is 0 Å². The van der Waals surface area contributed by atoms with Gasteiger partial charge in [0.05, 0.1) is 25.4 Å². The highest BCUT2D eigenvalue weighted by Crippen LogP contribution is 2.24. The summed E-state index contributed by atoms with van der Waals surface area (Å²) in [5.41, 5.74) is 0. The molecule has 7 unspecified atom stereocenters. The number of amides is 1. The van der Waals surface area contributed by atoms with E-state index in [2.05, 4.69) is 19.2 Å². The highest BCUT2D eigenvalue weighted by molar-refractivity contribution is 5.76. The average Bonchev–Trinajstić information content (AvgIpc) is 3.46. The quantitative estimate of drug-likeness (QED) is 0.0261. The van der Waals surface area contributed by atoms with Crippen LogP contribution in [0.25, 0.3) is 0 Å². The van der Waals surface area contributed by atoms with Gasteiger partial charge in [-0.15, -0.1) is 0 Å². The molecule has 1 aliphatic rings. The molecule has 0 saturated carbocycles. The van der Waals surface area contributed by atoms with Crippen molar-refractivity contribution in [2.75, 3.05) is 13.2 Å². The molecule has 9 nitrogen and oxygen atoms in total. The van der Waals surface area contributed by atoms with Crippen LogP contribution in [0.15, 0.2) is 12.2 Å². The highest BCUT2D eigenvalue weighted by Gasteiger charge is 2.44. The molecule has 1 aliphatic heterocycles. The Morgan fingerprint density at radius 2 is 0.688 bits per heavy atom. The molecule has 0 aromatic rings. The maximum absolute atomic E-state index is 13.1. The predicted molar refractivity (Wildman–Crippen MR) is 341 cm³/mol. The molecule has 1 fully saturated rings. The Kier molecular flexibility index (Phi) is 58.7. The number of allylic oxidation sites excluding steroid dienone is 1. The van der Waals surface area contributed by atoms with Crippen molar-refractivity contribution in [3.8, 4) is 0 Å². The fourth-order valence-electron chi connectivity index (χ4n) is 12.0. The first-order valence-corrected chi connectivity index (χ1v) is 35.9. The van der Waals surface area contributed by atoms with Crippen molar-refractivity contribution < 1.29 is 39.8 Å². The highest BCUT2D eigenvalue weighted by atomic mass is 16.7. The normalized spacial score (nSPS) is 18.4. The molecule has 1 heterocycles. The van der Waals surface area contributed by atoms with Gasteiger partial charge in [-0.3, -0.25) is 4.79 Å². The second-order valence-electron chi connectivity index (χ2n) is 25.4. The molecule has 1 amide bonds. The molecule has 0 aliphatic carbocycles. The van der Waals surface area contributed by atoms with E-state index in [4.69, 9.17) is 9.47 Å². The Labute approximate surface area is 496 Å². The first-order valence-electron chi connectivity index (χ1n) is 35.9. The van der Waals surface area contributed by atoms with Crippen molar-refractivity contribution in [1.82, 2.24) is 5.32 Å². The van der Waals surface area contributed by atoms with Crippen LogP contribution < -0.4 is 5.32 Å². The SMILES string of the molecule is CCCCCCCCCCCCCCCCCCCCCC/C=C/C(O)C(COC1OC(CO)C(O)C(O)C1O)NC(=O)CCCCCCCCCCCCCCCCCCCCCCCCCCCCCCCCCCCCC. The van der Waals surface area contributed by atoms with E-state index in [-0.39, 0.29) is 12.5 Å². The number of ether oxygens (including phenoxy) is 2. The largest absolute Gasteiger partial charge is 0.394 e. The van der Waals surface area contributed by atoms with E-state index in [1.54, 1.807) is 6.08 Å². The lowest BCUT2D eigenvalue weighted by molar-refractivity contribution is -0.302. The molecule has 0 bridgehead atoms. The maximum atomic E-state index is 13.1. The summed E-state index contributed by atoms with van der Waals surface area (Å²) in [7, 11) is 0. The maximum Gasteiger partial charge on any atom is 0.220 e. The number of carbonyl (C=O) groups is 1. The molecule has 80 heavy (non-hydrogen) atoms. The van der Waals surface area contributed by atoms with Crippen LogP contribution >= 0.6 is 0 Å². The number of rotatable bonds is 64. The Morgan fingerprint density at radius 3 is 0.975 bits per heavy atom. The molecule has 1 saturated heterocycles. The fourth-order valence-corrected chi connectivity index (χ4v) is 12.0. The monoisotopic (exact) mass is 1130 g/mol. The minimum absolute atomic E-state index is 0.167. The lowest BCUT2D eigenvalue weighted by Gasteiger charge is -2.40. The number of hydrogen-bond donors (Lipinski definition) is 6. The minimum atomic E-state index is -1.56. The lowest BCUT2D eigenvalue weighted by Crippen LogP contribution is -2.60. The fraction of sp³-hybridized carbons (Fsp3) is 0.958. The molecule has 0 aromatic heterocycles. The van der Waals surface area contributed by atoms with Crippen molar-refractivity contribution in [3.05, 3.63) is 12.2 Å². The van der Waals surface area contributed by atoms with Gasteiger partial charge in [0, 0.05) is 6.42 Å². The van der Waals surface area contributed by atoms with Gasteiger partial charge < -0.3 is 40.3 Å². The number of aliphatic hydroxyl groups excluding tert-OH is 5. The van der Waals surface area contributed by atoms with Gasteiger partial charge in [0.2, 0.25) is 5.91 Å². The molecule has 9 heteroatoms. The summed E-state index contributed by atoms with van der Waals surface area (Å²) in [6.45, 7) is 3.85. The van der Waals surface area contributed by atoms with E-state index in [1.165, 1.54) is 321 Å². The first-order chi connectivity index (χ1) is 39.3. The number of nitrogens with one attached hydrogen (secondary N) is 1. The standard InChI is InChI=1S/C71H139NO8/c1-3-5-7-9-11-13-15-17-19-21-23-25-27-28-29-30-31-32-33-34-35-36-37-38-39-41-43-45-47-49-51-53-55-57-59-61-67(75)72-64(63-79-71-70(78)69(77)68(76)66(62-73)80-71)65(74)60-58-56-54-52-50-48-46-44-42-40-26-24-22-20-18-16-14-12-10-8-6-4-2/h58,60,64-66,68-71,73-74,76-78H,3-57,59,61-63H2,1-2H3,(H,72,75)/b60-58+. The zero-order valence-corrected chi connectivity index (χ0v) is 53.4. The summed E-state index contributed by atoms with van der Waals surface area (Å²) in [6, 6.07) is -0.802. The van der Waals surface area contributed by atoms with Crippen molar-refractivity contribution >= 4 is 5.91 Å². The van der Waals surface area contributed by atoms with Crippen LogP contribution in [0, 0.1) is 0 Å². The third-order valence-electron chi connectivity index (χ3n) is 17.6. The van der Waals surface area contributed by atoms with Crippen molar-refractivity contribution in [3.63, 3.8) is 0 Å². The van der Waals surface area contributed by atoms with E-state index in [0.717, 1.165) is 38.5 Å². The van der Waals surface area contributed by atoms with Crippen LogP contribution in [-0.4, -0.2) is 87.5 Å². The minimum Gasteiger partial charge on any atom is -0.394 e. The van der Waals surface area contributed by atoms with Crippen LogP contribution in [0.3, 0.4) is 0 Å². The van der Waals surface area contributed by atoms with Gasteiger partial charge >= 0.3 is 0 Å². The molecule has 6 N–H and O–H groups in total. The summed E-state index contributed by atoms with van der Waals surface area (Å²) in [6.07, 6.45) is 71.9. The van der Waals surface area contributed by atoms with Crippen LogP contribution in [0.5, 0.6) is 0 Å². The molecular formula is C71H139NO8. The lowest BCUT2D eigenvalue weighted by atomic mass is 9.99. The number of hydrogen-bond acceptors (Lipinski definition) is 8.